The van der Waals surface area contributed by atoms with Gasteiger partial charge in [-0.25, -0.2) is 4.79 Å². The number of carboxylic acids is 1. The van der Waals surface area contributed by atoms with E-state index in [4.69, 9.17) is 5.11 Å². The number of rotatable bonds is 3. The molecule has 0 radical (unpaired) electrons. The Morgan fingerprint density at radius 2 is 2.31 bits per heavy atom. The molecule has 0 saturated carbocycles. The molecule has 0 saturated heterocycles. The third-order valence-corrected chi connectivity index (χ3v) is 1.49. The van der Waals surface area contributed by atoms with Crippen molar-refractivity contribution in [3.05, 3.63) is 42.1 Å². The average molecular weight is 177 g/mol. The molecule has 3 heteroatoms. The molecule has 0 heterocycles. The molecule has 0 aliphatic heterocycles. The topological polar surface area (TPSA) is 49.3 Å². The molecule has 0 aliphatic rings. The minimum atomic E-state index is -0.958. The number of anilines is 1. The maximum absolute atomic E-state index is 10.1. The van der Waals surface area contributed by atoms with Gasteiger partial charge in [0, 0.05) is 18.0 Å². The van der Waals surface area contributed by atoms with Gasteiger partial charge in [0.1, 0.15) is 0 Å². The first-order chi connectivity index (χ1) is 6.18. The van der Waals surface area contributed by atoms with E-state index in [1.165, 1.54) is 6.20 Å². The van der Waals surface area contributed by atoms with Crippen LogP contribution in [0.25, 0.3) is 0 Å². The van der Waals surface area contributed by atoms with E-state index in [9.17, 15) is 4.79 Å². The number of aryl methyl sites for hydroxylation is 1. The molecule has 3 nitrogen and oxygen atoms in total. The van der Waals surface area contributed by atoms with Gasteiger partial charge in [0.15, 0.2) is 0 Å². The van der Waals surface area contributed by atoms with Crippen LogP contribution >= 0.6 is 0 Å². The first kappa shape index (κ1) is 9.32. The van der Waals surface area contributed by atoms with Crippen LogP contribution in [0.4, 0.5) is 5.69 Å². The van der Waals surface area contributed by atoms with Crippen molar-refractivity contribution < 1.29 is 9.90 Å². The molecule has 1 aromatic carbocycles. The second-order valence-corrected chi connectivity index (χ2v) is 2.69. The lowest BCUT2D eigenvalue weighted by atomic mass is 10.2. The van der Waals surface area contributed by atoms with Gasteiger partial charge in [-0.3, -0.25) is 0 Å². The maximum Gasteiger partial charge on any atom is 0.329 e. The highest BCUT2D eigenvalue weighted by Gasteiger charge is 1.89. The van der Waals surface area contributed by atoms with Crippen molar-refractivity contribution in [2.45, 2.75) is 6.92 Å². The van der Waals surface area contributed by atoms with Crippen LogP contribution in [0.2, 0.25) is 0 Å². The number of carbonyl (C=O) groups is 1. The number of aliphatic carboxylic acids is 1. The smallest absolute Gasteiger partial charge is 0.329 e. The number of benzene rings is 1. The van der Waals surface area contributed by atoms with Crippen LogP contribution in [-0.2, 0) is 4.79 Å². The Kier molecular flexibility index (Phi) is 3.09. The van der Waals surface area contributed by atoms with Gasteiger partial charge in [0.2, 0.25) is 0 Å². The summed E-state index contributed by atoms with van der Waals surface area (Å²) in [6.07, 6.45) is 2.46. The molecule has 0 aromatic heterocycles. The van der Waals surface area contributed by atoms with E-state index in [-0.39, 0.29) is 0 Å². The van der Waals surface area contributed by atoms with Gasteiger partial charge in [-0.1, -0.05) is 12.1 Å². The monoisotopic (exact) mass is 177 g/mol. The summed E-state index contributed by atoms with van der Waals surface area (Å²) in [5.74, 6) is -0.958. The standard InChI is InChI=1S/C10H11NO2/c1-8-3-2-4-9(7-8)11-6-5-10(12)13/h2-7,11H,1H3,(H,12,13)/b6-5+. The van der Waals surface area contributed by atoms with E-state index >= 15 is 0 Å². The fourth-order valence-corrected chi connectivity index (χ4v) is 0.944. The second-order valence-electron chi connectivity index (χ2n) is 2.69. The van der Waals surface area contributed by atoms with Gasteiger partial charge in [-0.05, 0) is 24.6 Å². The van der Waals surface area contributed by atoms with Gasteiger partial charge in [0.25, 0.3) is 0 Å². The predicted octanol–water partition coefficient (Wildman–Crippen LogP) is 2.01. The van der Waals surface area contributed by atoms with Gasteiger partial charge in [-0.15, -0.1) is 0 Å². The Bertz CT molecular complexity index is 331. The number of carboxylic acid groups (broad SMARTS) is 1. The highest BCUT2D eigenvalue weighted by Crippen LogP contribution is 2.08. The molecule has 2 N–H and O–H groups in total. The molecule has 0 fully saturated rings. The highest BCUT2D eigenvalue weighted by atomic mass is 16.4. The number of nitrogens with one attached hydrogen (secondary N) is 1. The van der Waals surface area contributed by atoms with Crippen LogP contribution < -0.4 is 5.32 Å². The van der Waals surface area contributed by atoms with Crippen molar-refractivity contribution in [2.24, 2.45) is 0 Å². The van der Waals surface area contributed by atoms with Crippen molar-refractivity contribution in [2.75, 3.05) is 5.32 Å². The summed E-state index contributed by atoms with van der Waals surface area (Å²) in [5.41, 5.74) is 2.02. The Balaban J connectivity index is 2.59. The van der Waals surface area contributed by atoms with Crippen LogP contribution in [0, 0.1) is 6.92 Å². The summed E-state index contributed by atoms with van der Waals surface area (Å²) in [7, 11) is 0. The molecule has 1 aromatic rings. The largest absolute Gasteiger partial charge is 0.478 e. The zero-order chi connectivity index (χ0) is 9.68. The molecule has 0 spiro atoms. The zero-order valence-corrected chi connectivity index (χ0v) is 7.32. The van der Waals surface area contributed by atoms with Gasteiger partial charge in [-0.2, -0.15) is 0 Å². The second kappa shape index (κ2) is 4.30. The lowest BCUT2D eigenvalue weighted by Gasteiger charge is -2.00. The Labute approximate surface area is 76.7 Å². The minimum Gasteiger partial charge on any atom is -0.478 e. The molecule has 0 atom stereocenters. The number of hydrogen-bond donors (Lipinski definition) is 2. The Morgan fingerprint density at radius 1 is 1.54 bits per heavy atom. The summed E-state index contributed by atoms with van der Waals surface area (Å²) in [4.78, 5) is 10.1. The third-order valence-electron chi connectivity index (χ3n) is 1.49. The molecule has 13 heavy (non-hydrogen) atoms. The quantitative estimate of drug-likeness (QED) is 0.694. The molecule has 0 unspecified atom stereocenters. The predicted molar refractivity (Wildman–Crippen MR) is 51.6 cm³/mol. The molecule has 0 amide bonds. The minimum absolute atomic E-state index is 0.887. The maximum atomic E-state index is 10.1. The molecule has 68 valence electrons. The summed E-state index contributed by atoms with van der Waals surface area (Å²) in [5, 5.41) is 11.2. The van der Waals surface area contributed by atoms with E-state index in [1.54, 1.807) is 0 Å². The van der Waals surface area contributed by atoms with Crippen LogP contribution in [0.3, 0.4) is 0 Å². The molecular weight excluding hydrogens is 166 g/mol. The third kappa shape index (κ3) is 3.42. The molecule has 0 bridgehead atoms. The van der Waals surface area contributed by atoms with E-state index in [0.29, 0.717) is 0 Å². The van der Waals surface area contributed by atoms with Crippen molar-refractivity contribution in [1.29, 1.82) is 0 Å². The summed E-state index contributed by atoms with van der Waals surface area (Å²) in [6, 6.07) is 7.70. The SMILES string of the molecule is Cc1cccc(N/C=C/C(=O)O)c1. The van der Waals surface area contributed by atoms with Gasteiger partial charge in [0.05, 0.1) is 0 Å². The summed E-state index contributed by atoms with van der Waals surface area (Å²) >= 11 is 0. The fraction of sp³-hybridized carbons (Fsp3) is 0.100. The van der Waals surface area contributed by atoms with Crippen LogP contribution in [0.15, 0.2) is 36.5 Å². The number of hydrogen-bond acceptors (Lipinski definition) is 2. The molecule has 0 aliphatic carbocycles. The van der Waals surface area contributed by atoms with E-state index in [1.807, 2.05) is 31.2 Å². The van der Waals surface area contributed by atoms with Crippen LogP contribution in [-0.4, -0.2) is 11.1 Å². The van der Waals surface area contributed by atoms with Crippen LogP contribution in [0.5, 0.6) is 0 Å². The Morgan fingerprint density at radius 3 is 2.92 bits per heavy atom. The van der Waals surface area contributed by atoms with Gasteiger partial charge < -0.3 is 10.4 Å². The van der Waals surface area contributed by atoms with Crippen molar-refractivity contribution in [3.8, 4) is 0 Å². The van der Waals surface area contributed by atoms with Crippen molar-refractivity contribution in [1.82, 2.24) is 0 Å². The summed E-state index contributed by atoms with van der Waals surface area (Å²) in [6.45, 7) is 1.98. The molecule has 1 rings (SSSR count). The van der Waals surface area contributed by atoms with Crippen molar-refractivity contribution in [3.63, 3.8) is 0 Å². The van der Waals surface area contributed by atoms with E-state index < -0.39 is 5.97 Å². The summed E-state index contributed by atoms with van der Waals surface area (Å²) < 4.78 is 0. The lowest BCUT2D eigenvalue weighted by Crippen LogP contribution is -1.92. The fourth-order valence-electron chi connectivity index (χ4n) is 0.944. The Hall–Kier alpha value is -1.77. The van der Waals surface area contributed by atoms with E-state index in [2.05, 4.69) is 5.32 Å². The normalized spacial score (nSPS) is 10.2. The highest BCUT2D eigenvalue weighted by molar-refractivity contribution is 5.80. The zero-order valence-electron chi connectivity index (χ0n) is 7.32. The van der Waals surface area contributed by atoms with Crippen molar-refractivity contribution >= 4 is 11.7 Å². The average Bonchev–Trinajstić information content (AvgIpc) is 2.03. The lowest BCUT2D eigenvalue weighted by molar-refractivity contribution is -0.131. The van der Waals surface area contributed by atoms with E-state index in [0.717, 1.165) is 17.3 Å². The molecular formula is C10H11NO2. The first-order valence-electron chi connectivity index (χ1n) is 3.91. The van der Waals surface area contributed by atoms with Gasteiger partial charge >= 0.3 is 5.97 Å². The first-order valence-corrected chi connectivity index (χ1v) is 3.91. The van der Waals surface area contributed by atoms with Crippen LogP contribution in [0.1, 0.15) is 5.56 Å².